The maximum absolute atomic E-state index is 6.28. The Labute approximate surface area is 129 Å². The first-order valence-electron chi connectivity index (χ1n) is 6.34. The second-order valence-electron chi connectivity index (χ2n) is 4.83. The fourth-order valence-corrected chi connectivity index (χ4v) is 2.73. The predicted octanol–water partition coefficient (Wildman–Crippen LogP) is 4.55. The van der Waals surface area contributed by atoms with E-state index in [-0.39, 0.29) is 6.04 Å². The first kappa shape index (κ1) is 15.2. The molecule has 0 saturated heterocycles. The number of benzene rings is 2. The van der Waals surface area contributed by atoms with E-state index < -0.39 is 0 Å². The fraction of sp³-hybridized carbons (Fsp3) is 0.250. The quantitative estimate of drug-likeness (QED) is 0.899. The van der Waals surface area contributed by atoms with E-state index in [0.29, 0.717) is 16.5 Å². The van der Waals surface area contributed by atoms with E-state index in [1.54, 1.807) is 13.2 Å². The van der Waals surface area contributed by atoms with Crippen molar-refractivity contribution in [3.8, 4) is 5.75 Å². The lowest BCUT2D eigenvalue weighted by Gasteiger charge is -2.16. The molecule has 2 nitrogen and oxygen atoms in total. The third-order valence-electron chi connectivity index (χ3n) is 3.17. The number of methoxy groups -OCH3 is 1. The number of halogens is 2. The molecule has 0 aliphatic carbocycles. The molecule has 1 unspecified atom stereocenters. The molecule has 0 aromatic heterocycles. The molecule has 1 atom stereocenters. The summed E-state index contributed by atoms with van der Waals surface area (Å²) in [5, 5.41) is 1.38. The Bertz CT molecular complexity index is 593. The first-order chi connectivity index (χ1) is 9.49. The van der Waals surface area contributed by atoms with Gasteiger partial charge in [-0.1, -0.05) is 29.3 Å². The summed E-state index contributed by atoms with van der Waals surface area (Å²) < 4.78 is 5.34. The molecule has 4 heteroatoms. The third kappa shape index (κ3) is 3.66. The molecule has 0 bridgehead atoms. The predicted molar refractivity (Wildman–Crippen MR) is 84.8 cm³/mol. The highest BCUT2D eigenvalue weighted by Gasteiger charge is 2.12. The SMILES string of the molecule is COc1ccc(Cl)cc1CC(N)c1cc(C)cc(Cl)c1. The summed E-state index contributed by atoms with van der Waals surface area (Å²) >= 11 is 12.1. The molecule has 0 fully saturated rings. The maximum atomic E-state index is 6.28. The highest BCUT2D eigenvalue weighted by Crippen LogP contribution is 2.28. The number of rotatable bonds is 4. The number of hydrogen-bond acceptors (Lipinski definition) is 2. The molecule has 0 saturated carbocycles. The van der Waals surface area contributed by atoms with Crippen molar-refractivity contribution in [3.05, 3.63) is 63.1 Å². The van der Waals surface area contributed by atoms with Gasteiger partial charge >= 0.3 is 0 Å². The van der Waals surface area contributed by atoms with E-state index >= 15 is 0 Å². The molecule has 106 valence electrons. The van der Waals surface area contributed by atoms with Gasteiger partial charge in [0.05, 0.1) is 7.11 Å². The molecule has 0 amide bonds. The summed E-state index contributed by atoms with van der Waals surface area (Å²) in [7, 11) is 1.64. The van der Waals surface area contributed by atoms with Gasteiger partial charge in [-0.2, -0.15) is 0 Å². The fourth-order valence-electron chi connectivity index (χ4n) is 2.24. The van der Waals surface area contributed by atoms with Gasteiger partial charge in [-0.25, -0.2) is 0 Å². The third-order valence-corrected chi connectivity index (χ3v) is 3.63. The average molecular weight is 310 g/mol. The van der Waals surface area contributed by atoms with Crippen LogP contribution in [0.3, 0.4) is 0 Å². The van der Waals surface area contributed by atoms with Crippen LogP contribution >= 0.6 is 23.2 Å². The van der Waals surface area contributed by atoms with Gasteiger partial charge in [-0.05, 0) is 60.4 Å². The Hall–Kier alpha value is -1.22. The lowest BCUT2D eigenvalue weighted by molar-refractivity contribution is 0.408. The molecule has 2 aromatic rings. The van der Waals surface area contributed by atoms with E-state index in [1.165, 1.54) is 0 Å². The lowest BCUT2D eigenvalue weighted by atomic mass is 9.98. The van der Waals surface area contributed by atoms with Gasteiger partial charge in [0.15, 0.2) is 0 Å². The summed E-state index contributed by atoms with van der Waals surface area (Å²) in [6.07, 6.45) is 0.642. The van der Waals surface area contributed by atoms with E-state index in [2.05, 4.69) is 0 Å². The van der Waals surface area contributed by atoms with Gasteiger partial charge < -0.3 is 10.5 Å². The van der Waals surface area contributed by atoms with Crippen LogP contribution in [0.2, 0.25) is 10.0 Å². The molecule has 2 rings (SSSR count). The summed E-state index contributed by atoms with van der Waals surface area (Å²) in [6, 6.07) is 11.3. The van der Waals surface area contributed by atoms with Crippen LogP contribution in [0.1, 0.15) is 22.7 Å². The molecule has 2 aromatic carbocycles. The second-order valence-corrected chi connectivity index (χ2v) is 5.70. The molecular weight excluding hydrogens is 293 g/mol. The Morgan fingerprint density at radius 3 is 2.50 bits per heavy atom. The molecule has 2 N–H and O–H groups in total. The lowest BCUT2D eigenvalue weighted by Crippen LogP contribution is -2.14. The van der Waals surface area contributed by atoms with Crippen molar-refractivity contribution in [2.75, 3.05) is 7.11 Å². The highest BCUT2D eigenvalue weighted by molar-refractivity contribution is 6.31. The van der Waals surface area contributed by atoms with Crippen LogP contribution in [-0.4, -0.2) is 7.11 Å². The van der Waals surface area contributed by atoms with Crippen LogP contribution in [0.5, 0.6) is 5.75 Å². The minimum Gasteiger partial charge on any atom is -0.496 e. The van der Waals surface area contributed by atoms with Crippen LogP contribution < -0.4 is 10.5 Å². The van der Waals surface area contributed by atoms with E-state index in [1.807, 2.05) is 37.3 Å². The highest BCUT2D eigenvalue weighted by atomic mass is 35.5. The van der Waals surface area contributed by atoms with Gasteiger partial charge in [-0.3, -0.25) is 0 Å². The maximum Gasteiger partial charge on any atom is 0.122 e. The summed E-state index contributed by atoms with van der Waals surface area (Å²) in [6.45, 7) is 2.00. The summed E-state index contributed by atoms with van der Waals surface area (Å²) in [4.78, 5) is 0. The minimum atomic E-state index is -0.153. The molecule has 0 aliphatic rings. The number of nitrogens with two attached hydrogens (primary N) is 1. The zero-order chi connectivity index (χ0) is 14.7. The number of aryl methyl sites for hydroxylation is 1. The summed E-state index contributed by atoms with van der Waals surface area (Å²) in [5.41, 5.74) is 9.38. The zero-order valence-electron chi connectivity index (χ0n) is 11.5. The Morgan fingerprint density at radius 2 is 1.85 bits per heavy atom. The van der Waals surface area contributed by atoms with Gasteiger partial charge in [0.25, 0.3) is 0 Å². The van der Waals surface area contributed by atoms with Crippen molar-refractivity contribution in [2.24, 2.45) is 5.73 Å². The second kappa shape index (κ2) is 6.49. The van der Waals surface area contributed by atoms with Crippen molar-refractivity contribution in [3.63, 3.8) is 0 Å². The van der Waals surface area contributed by atoms with Crippen LogP contribution in [0.15, 0.2) is 36.4 Å². The molecule has 0 heterocycles. The van der Waals surface area contributed by atoms with Crippen molar-refractivity contribution in [1.29, 1.82) is 0 Å². The molecule has 20 heavy (non-hydrogen) atoms. The Morgan fingerprint density at radius 1 is 1.10 bits per heavy atom. The van der Waals surface area contributed by atoms with E-state index in [9.17, 15) is 0 Å². The standard InChI is InChI=1S/C16H17Cl2NO/c1-10-5-11(7-14(18)6-10)15(19)9-12-8-13(17)3-4-16(12)20-2/h3-8,15H,9,19H2,1-2H3. The van der Waals surface area contributed by atoms with Crippen LogP contribution in [0, 0.1) is 6.92 Å². The molecule has 0 spiro atoms. The van der Waals surface area contributed by atoms with Crippen molar-refractivity contribution < 1.29 is 4.74 Å². The van der Waals surface area contributed by atoms with Crippen LogP contribution in [0.4, 0.5) is 0 Å². The topological polar surface area (TPSA) is 35.2 Å². The van der Waals surface area contributed by atoms with E-state index in [4.69, 9.17) is 33.7 Å². The first-order valence-corrected chi connectivity index (χ1v) is 7.10. The minimum absolute atomic E-state index is 0.153. The molecular formula is C16H17Cl2NO. The largest absolute Gasteiger partial charge is 0.496 e. The number of ether oxygens (including phenoxy) is 1. The average Bonchev–Trinajstić information content (AvgIpc) is 2.37. The smallest absolute Gasteiger partial charge is 0.122 e. The Kier molecular flexibility index (Phi) is 4.92. The van der Waals surface area contributed by atoms with Gasteiger partial charge in [-0.15, -0.1) is 0 Å². The zero-order valence-corrected chi connectivity index (χ0v) is 13.0. The Balaban J connectivity index is 2.27. The molecule has 0 radical (unpaired) electrons. The van der Waals surface area contributed by atoms with Crippen LogP contribution in [0.25, 0.3) is 0 Å². The van der Waals surface area contributed by atoms with Gasteiger partial charge in [0.1, 0.15) is 5.75 Å². The van der Waals surface area contributed by atoms with Gasteiger partial charge in [0, 0.05) is 16.1 Å². The number of hydrogen-bond donors (Lipinski definition) is 1. The molecule has 0 aliphatic heterocycles. The van der Waals surface area contributed by atoms with Crippen molar-refractivity contribution in [1.82, 2.24) is 0 Å². The monoisotopic (exact) mass is 309 g/mol. The summed E-state index contributed by atoms with van der Waals surface area (Å²) in [5.74, 6) is 0.795. The van der Waals surface area contributed by atoms with Crippen molar-refractivity contribution >= 4 is 23.2 Å². The van der Waals surface area contributed by atoms with E-state index in [0.717, 1.165) is 22.4 Å². The normalized spacial score (nSPS) is 12.2. The van der Waals surface area contributed by atoms with Gasteiger partial charge in [0.2, 0.25) is 0 Å². The van der Waals surface area contributed by atoms with Crippen molar-refractivity contribution in [2.45, 2.75) is 19.4 Å². The van der Waals surface area contributed by atoms with Crippen LogP contribution in [-0.2, 0) is 6.42 Å².